The lowest BCUT2D eigenvalue weighted by molar-refractivity contribution is 0.611. The van der Waals surface area contributed by atoms with Gasteiger partial charge in [0.05, 0.1) is 0 Å². The predicted octanol–water partition coefficient (Wildman–Crippen LogP) is -1.26. The lowest BCUT2D eigenvalue weighted by atomic mass is 10.8. The third-order valence-electron chi connectivity index (χ3n) is 0.590. The minimum Gasteiger partial charge on any atom is -0.368 e. The lowest BCUT2D eigenvalue weighted by Crippen LogP contribution is -2.31. The normalized spacial score (nSPS) is 11.4. The van der Waals surface area contributed by atoms with E-state index in [9.17, 15) is 0 Å². The molecular formula is C3H10N4. The summed E-state index contributed by atoms with van der Waals surface area (Å²) in [7, 11) is 3.54. The topological polar surface area (TPSA) is 67.6 Å². The quantitative estimate of drug-likeness (QED) is 0.173. The number of nitrogens with zero attached hydrogens (tertiary/aromatic N) is 2. The van der Waals surface area contributed by atoms with Crippen LogP contribution in [0, 0.1) is 0 Å². The molecule has 0 aliphatic heterocycles. The highest BCUT2D eigenvalue weighted by atomic mass is 15.3. The Labute approximate surface area is 42.8 Å². The van der Waals surface area contributed by atoms with E-state index < -0.39 is 0 Å². The van der Waals surface area contributed by atoms with Gasteiger partial charge in [-0.25, -0.2) is 0 Å². The van der Waals surface area contributed by atoms with Gasteiger partial charge in [0.2, 0.25) is 5.96 Å². The molecule has 0 radical (unpaired) electrons. The molecule has 4 heteroatoms. The molecule has 0 saturated carbocycles. The molecule has 0 bridgehead atoms. The number of hydrogen-bond acceptors (Lipinski definition) is 2. The smallest absolute Gasteiger partial charge is 0.212 e. The maximum absolute atomic E-state index is 5.17. The molecule has 0 aliphatic rings. The Hall–Kier alpha value is -0.930. The lowest BCUT2D eigenvalue weighted by Gasteiger charge is -2.07. The van der Waals surface area contributed by atoms with Crippen molar-refractivity contribution in [2.75, 3.05) is 14.1 Å². The SMILES string of the molecule is CN(C)C(N)=NN. The van der Waals surface area contributed by atoms with Crippen LogP contribution in [0.15, 0.2) is 5.10 Å². The Bertz CT molecular complexity index is 75.0. The molecule has 4 N–H and O–H groups in total. The molecule has 0 aromatic rings. The highest BCUT2D eigenvalue weighted by Gasteiger charge is 1.87. The van der Waals surface area contributed by atoms with Crippen LogP contribution < -0.4 is 11.6 Å². The molecule has 0 rings (SSSR count). The van der Waals surface area contributed by atoms with Crippen LogP contribution in [-0.4, -0.2) is 25.0 Å². The van der Waals surface area contributed by atoms with E-state index in [0.29, 0.717) is 5.96 Å². The zero-order valence-electron chi connectivity index (χ0n) is 4.55. The second kappa shape index (κ2) is 2.28. The fraction of sp³-hybridized carbons (Fsp3) is 0.667. The first-order valence-corrected chi connectivity index (χ1v) is 1.89. The van der Waals surface area contributed by atoms with Crippen LogP contribution in [0.5, 0.6) is 0 Å². The van der Waals surface area contributed by atoms with Gasteiger partial charge < -0.3 is 16.5 Å². The largest absolute Gasteiger partial charge is 0.368 e. The maximum atomic E-state index is 5.17. The van der Waals surface area contributed by atoms with Crippen molar-refractivity contribution in [2.24, 2.45) is 16.7 Å². The van der Waals surface area contributed by atoms with E-state index in [4.69, 9.17) is 11.6 Å². The van der Waals surface area contributed by atoms with Gasteiger partial charge in [-0.05, 0) is 0 Å². The number of hydrogen-bond donors (Lipinski definition) is 2. The summed E-state index contributed by atoms with van der Waals surface area (Å²) < 4.78 is 0. The van der Waals surface area contributed by atoms with Crippen molar-refractivity contribution in [3.63, 3.8) is 0 Å². The van der Waals surface area contributed by atoms with Crippen LogP contribution in [0.4, 0.5) is 0 Å². The molecule has 0 atom stereocenters. The molecule has 0 unspecified atom stereocenters. The number of rotatable bonds is 0. The molecule has 0 aromatic heterocycles. The number of guanidine groups is 1. The van der Waals surface area contributed by atoms with Crippen LogP contribution in [0.25, 0.3) is 0 Å². The second-order valence-electron chi connectivity index (χ2n) is 1.38. The van der Waals surface area contributed by atoms with Crippen LogP contribution in [0.2, 0.25) is 0 Å². The molecule has 0 aromatic carbocycles. The fourth-order valence-electron chi connectivity index (χ4n) is 0.115. The third-order valence-corrected chi connectivity index (χ3v) is 0.590. The molecule has 4 nitrogen and oxygen atoms in total. The second-order valence-corrected chi connectivity index (χ2v) is 1.38. The maximum Gasteiger partial charge on any atom is 0.212 e. The van der Waals surface area contributed by atoms with E-state index in [-0.39, 0.29) is 0 Å². The molecule has 0 amide bonds. The van der Waals surface area contributed by atoms with Gasteiger partial charge in [-0.15, -0.1) is 5.10 Å². The Kier molecular flexibility index (Phi) is 1.98. The van der Waals surface area contributed by atoms with E-state index in [2.05, 4.69) is 5.10 Å². The summed E-state index contributed by atoms with van der Waals surface area (Å²) in [5.41, 5.74) is 5.17. The van der Waals surface area contributed by atoms with Gasteiger partial charge in [-0.2, -0.15) is 0 Å². The molecule has 7 heavy (non-hydrogen) atoms. The van der Waals surface area contributed by atoms with Crippen LogP contribution >= 0.6 is 0 Å². The highest BCUT2D eigenvalue weighted by Crippen LogP contribution is 1.66. The first kappa shape index (κ1) is 6.07. The first-order chi connectivity index (χ1) is 3.18. The first-order valence-electron chi connectivity index (χ1n) is 1.89. The Morgan fingerprint density at radius 3 is 2.00 bits per heavy atom. The van der Waals surface area contributed by atoms with E-state index in [0.717, 1.165) is 0 Å². The van der Waals surface area contributed by atoms with Gasteiger partial charge in [0.25, 0.3) is 0 Å². The summed E-state index contributed by atoms with van der Waals surface area (Å²) in [6.45, 7) is 0. The van der Waals surface area contributed by atoms with Crippen molar-refractivity contribution in [1.82, 2.24) is 4.90 Å². The van der Waals surface area contributed by atoms with Crippen molar-refractivity contribution >= 4 is 5.96 Å². The molecular weight excluding hydrogens is 92.1 g/mol. The minimum absolute atomic E-state index is 0.333. The summed E-state index contributed by atoms with van der Waals surface area (Å²) in [4.78, 5) is 1.62. The van der Waals surface area contributed by atoms with Crippen molar-refractivity contribution in [2.45, 2.75) is 0 Å². The molecule has 0 spiro atoms. The fourth-order valence-corrected chi connectivity index (χ4v) is 0.115. The summed E-state index contributed by atoms with van der Waals surface area (Å²) in [5, 5.41) is 3.21. The van der Waals surface area contributed by atoms with E-state index in [1.807, 2.05) is 0 Å². The molecule has 0 fully saturated rings. The summed E-state index contributed by atoms with van der Waals surface area (Å²) >= 11 is 0. The van der Waals surface area contributed by atoms with E-state index in [1.165, 1.54) is 0 Å². The van der Waals surface area contributed by atoms with Crippen LogP contribution in [0.1, 0.15) is 0 Å². The van der Waals surface area contributed by atoms with Gasteiger partial charge >= 0.3 is 0 Å². The van der Waals surface area contributed by atoms with Gasteiger partial charge in [0, 0.05) is 14.1 Å². The summed E-state index contributed by atoms with van der Waals surface area (Å²) in [6, 6.07) is 0. The zero-order chi connectivity index (χ0) is 5.86. The van der Waals surface area contributed by atoms with Crippen LogP contribution in [0.3, 0.4) is 0 Å². The average Bonchev–Trinajstić information content (AvgIpc) is 1.65. The third kappa shape index (κ3) is 1.86. The number of hydrazone groups is 1. The zero-order valence-corrected chi connectivity index (χ0v) is 4.55. The average molecular weight is 102 g/mol. The Morgan fingerprint density at radius 1 is 1.57 bits per heavy atom. The molecule has 42 valence electrons. The Balaban J connectivity index is 3.56. The van der Waals surface area contributed by atoms with Crippen molar-refractivity contribution < 1.29 is 0 Å². The van der Waals surface area contributed by atoms with Crippen molar-refractivity contribution in [3.8, 4) is 0 Å². The van der Waals surface area contributed by atoms with Gasteiger partial charge in [0.15, 0.2) is 0 Å². The standard InChI is InChI=1S/C3H10N4/c1-7(2)3(4)6-5/h5H2,1-2H3,(H2,4,6). The molecule has 0 aliphatic carbocycles. The summed E-state index contributed by atoms with van der Waals surface area (Å²) in [5.74, 6) is 5.13. The van der Waals surface area contributed by atoms with Gasteiger partial charge in [0.1, 0.15) is 0 Å². The monoisotopic (exact) mass is 102 g/mol. The number of nitrogens with two attached hydrogens (primary N) is 2. The van der Waals surface area contributed by atoms with Crippen LogP contribution in [-0.2, 0) is 0 Å². The molecule has 0 heterocycles. The highest BCUT2D eigenvalue weighted by molar-refractivity contribution is 5.76. The van der Waals surface area contributed by atoms with Gasteiger partial charge in [-0.1, -0.05) is 0 Å². The predicted molar refractivity (Wildman–Crippen MR) is 29.5 cm³/mol. The Morgan fingerprint density at radius 2 is 2.00 bits per heavy atom. The van der Waals surface area contributed by atoms with Gasteiger partial charge in [-0.3, -0.25) is 0 Å². The summed E-state index contributed by atoms with van der Waals surface area (Å²) in [6.07, 6.45) is 0. The van der Waals surface area contributed by atoms with E-state index in [1.54, 1.807) is 19.0 Å². The molecule has 0 saturated heterocycles. The van der Waals surface area contributed by atoms with E-state index >= 15 is 0 Å². The van der Waals surface area contributed by atoms with Crippen molar-refractivity contribution in [1.29, 1.82) is 0 Å². The minimum atomic E-state index is 0.333. The van der Waals surface area contributed by atoms with Crippen molar-refractivity contribution in [3.05, 3.63) is 0 Å².